The van der Waals surface area contributed by atoms with Crippen molar-refractivity contribution in [2.45, 2.75) is 0 Å². The number of aromatic nitrogens is 2. The molecule has 0 aliphatic carbocycles. The molecule has 0 saturated carbocycles. The van der Waals surface area contributed by atoms with E-state index in [1.165, 1.54) is 6.07 Å². The number of hydrogen-bond acceptors (Lipinski definition) is 3. The summed E-state index contributed by atoms with van der Waals surface area (Å²) < 4.78 is 1.98. The minimum atomic E-state index is -0.353. The summed E-state index contributed by atoms with van der Waals surface area (Å²) in [5.74, 6) is 0. The molecule has 0 spiro atoms. The highest BCUT2D eigenvalue weighted by Crippen LogP contribution is 2.31. The van der Waals surface area contributed by atoms with Gasteiger partial charge in [-0.1, -0.05) is 36.4 Å². The van der Waals surface area contributed by atoms with Gasteiger partial charge in [-0.15, -0.1) is 0 Å². The second-order valence-electron chi connectivity index (χ2n) is 5.43. The maximum Gasteiger partial charge on any atom is 0.277 e. The SMILES string of the molecule is O=[N+]([O-])c1ccccc1-c1ccc2ncn(-c3ccccc3)c2c1. The van der Waals surface area contributed by atoms with Crippen molar-refractivity contribution in [3.8, 4) is 16.8 Å². The van der Waals surface area contributed by atoms with Crippen molar-refractivity contribution in [1.82, 2.24) is 9.55 Å². The van der Waals surface area contributed by atoms with Crippen LogP contribution in [0.4, 0.5) is 5.69 Å². The van der Waals surface area contributed by atoms with Crippen LogP contribution in [-0.4, -0.2) is 14.5 Å². The second kappa shape index (κ2) is 5.62. The fourth-order valence-electron chi connectivity index (χ4n) is 2.85. The van der Waals surface area contributed by atoms with Crippen molar-refractivity contribution >= 4 is 16.7 Å². The molecule has 1 heterocycles. The highest BCUT2D eigenvalue weighted by molar-refractivity contribution is 5.85. The summed E-state index contributed by atoms with van der Waals surface area (Å²) in [6.07, 6.45) is 1.77. The fraction of sp³-hybridized carbons (Fsp3) is 0. The van der Waals surface area contributed by atoms with Crippen LogP contribution in [0, 0.1) is 10.1 Å². The molecule has 4 aromatic rings. The quantitative estimate of drug-likeness (QED) is 0.410. The Morgan fingerprint density at radius 3 is 2.46 bits per heavy atom. The molecule has 5 heteroatoms. The van der Waals surface area contributed by atoms with Gasteiger partial charge in [0.1, 0.15) is 6.33 Å². The second-order valence-corrected chi connectivity index (χ2v) is 5.43. The summed E-state index contributed by atoms with van der Waals surface area (Å²) in [5, 5.41) is 11.3. The molecule has 0 fully saturated rings. The largest absolute Gasteiger partial charge is 0.299 e. The number of imidazole rings is 1. The number of fused-ring (bicyclic) bond motifs is 1. The summed E-state index contributed by atoms with van der Waals surface area (Å²) in [4.78, 5) is 15.3. The van der Waals surface area contributed by atoms with Gasteiger partial charge in [0.2, 0.25) is 0 Å². The molecule has 0 N–H and O–H groups in total. The minimum Gasteiger partial charge on any atom is -0.299 e. The maximum absolute atomic E-state index is 11.3. The Kier molecular flexibility index (Phi) is 3.31. The van der Waals surface area contributed by atoms with Gasteiger partial charge in [0.05, 0.1) is 21.5 Å². The number of hydrogen-bond donors (Lipinski definition) is 0. The first-order valence-electron chi connectivity index (χ1n) is 7.50. The van der Waals surface area contributed by atoms with Crippen LogP contribution < -0.4 is 0 Å². The van der Waals surface area contributed by atoms with E-state index in [-0.39, 0.29) is 10.6 Å². The molecule has 0 radical (unpaired) electrons. The van der Waals surface area contributed by atoms with Crippen LogP contribution in [-0.2, 0) is 0 Å². The van der Waals surface area contributed by atoms with Crippen LogP contribution in [0.25, 0.3) is 27.8 Å². The lowest BCUT2D eigenvalue weighted by molar-refractivity contribution is -0.384. The molecular weight excluding hydrogens is 302 g/mol. The third kappa shape index (κ3) is 2.32. The maximum atomic E-state index is 11.3. The molecule has 1 aromatic heterocycles. The van der Waals surface area contributed by atoms with E-state index in [4.69, 9.17) is 0 Å². The van der Waals surface area contributed by atoms with Crippen molar-refractivity contribution < 1.29 is 4.92 Å². The Bertz CT molecular complexity index is 1040. The average Bonchev–Trinajstić information content (AvgIpc) is 3.05. The van der Waals surface area contributed by atoms with Crippen LogP contribution in [0.2, 0.25) is 0 Å². The summed E-state index contributed by atoms with van der Waals surface area (Å²) in [6, 6.07) is 22.4. The van der Waals surface area contributed by atoms with Gasteiger partial charge in [0, 0.05) is 11.8 Å². The number of benzene rings is 3. The number of para-hydroxylation sites is 2. The van der Waals surface area contributed by atoms with Crippen molar-refractivity contribution in [1.29, 1.82) is 0 Å². The van der Waals surface area contributed by atoms with E-state index in [2.05, 4.69) is 4.98 Å². The first kappa shape index (κ1) is 14.1. The summed E-state index contributed by atoms with van der Waals surface area (Å²) >= 11 is 0. The lowest BCUT2D eigenvalue weighted by atomic mass is 10.0. The molecule has 116 valence electrons. The summed E-state index contributed by atoms with van der Waals surface area (Å²) in [7, 11) is 0. The predicted octanol–water partition coefficient (Wildman–Crippen LogP) is 4.60. The van der Waals surface area contributed by atoms with E-state index in [0.717, 1.165) is 22.3 Å². The molecule has 0 unspecified atom stereocenters. The van der Waals surface area contributed by atoms with Gasteiger partial charge in [-0.2, -0.15) is 0 Å². The molecule has 24 heavy (non-hydrogen) atoms. The van der Waals surface area contributed by atoms with E-state index in [1.54, 1.807) is 24.5 Å². The van der Waals surface area contributed by atoms with Gasteiger partial charge in [-0.25, -0.2) is 4.98 Å². The molecule has 0 aliphatic rings. The Balaban J connectivity index is 1.92. The molecule has 0 atom stereocenters. The average molecular weight is 315 g/mol. The van der Waals surface area contributed by atoms with Gasteiger partial charge in [0.25, 0.3) is 5.69 Å². The molecule has 5 nitrogen and oxygen atoms in total. The monoisotopic (exact) mass is 315 g/mol. The highest BCUT2D eigenvalue weighted by Gasteiger charge is 2.15. The van der Waals surface area contributed by atoms with Crippen LogP contribution in [0.1, 0.15) is 0 Å². The van der Waals surface area contributed by atoms with Gasteiger partial charge < -0.3 is 0 Å². The first-order chi connectivity index (χ1) is 11.7. The topological polar surface area (TPSA) is 61.0 Å². The van der Waals surface area contributed by atoms with Gasteiger partial charge >= 0.3 is 0 Å². The fourth-order valence-corrected chi connectivity index (χ4v) is 2.85. The van der Waals surface area contributed by atoms with Crippen molar-refractivity contribution in [3.05, 3.63) is 89.2 Å². The van der Waals surface area contributed by atoms with Gasteiger partial charge in [-0.3, -0.25) is 14.7 Å². The van der Waals surface area contributed by atoms with Crippen molar-refractivity contribution in [2.75, 3.05) is 0 Å². The molecule has 0 amide bonds. The Morgan fingerprint density at radius 1 is 0.917 bits per heavy atom. The molecule has 0 saturated heterocycles. The summed E-state index contributed by atoms with van der Waals surface area (Å²) in [6.45, 7) is 0. The summed E-state index contributed by atoms with van der Waals surface area (Å²) in [5.41, 5.74) is 4.26. The van der Waals surface area contributed by atoms with Gasteiger partial charge in [-0.05, 0) is 35.9 Å². The predicted molar refractivity (Wildman–Crippen MR) is 93.2 cm³/mol. The van der Waals surface area contributed by atoms with Crippen molar-refractivity contribution in [3.63, 3.8) is 0 Å². The molecule has 3 aromatic carbocycles. The highest BCUT2D eigenvalue weighted by atomic mass is 16.6. The van der Waals surface area contributed by atoms with Crippen LogP contribution in [0.3, 0.4) is 0 Å². The van der Waals surface area contributed by atoms with E-state index >= 15 is 0 Å². The number of nitro groups is 1. The van der Waals surface area contributed by atoms with E-state index in [0.29, 0.717) is 5.56 Å². The van der Waals surface area contributed by atoms with E-state index in [9.17, 15) is 10.1 Å². The smallest absolute Gasteiger partial charge is 0.277 e. The van der Waals surface area contributed by atoms with E-state index in [1.807, 2.05) is 53.1 Å². The number of nitrogens with zero attached hydrogens (tertiary/aromatic N) is 3. The van der Waals surface area contributed by atoms with Crippen LogP contribution in [0.5, 0.6) is 0 Å². The van der Waals surface area contributed by atoms with E-state index < -0.39 is 0 Å². The molecule has 4 rings (SSSR count). The minimum absolute atomic E-state index is 0.0997. The Hall–Kier alpha value is -3.47. The van der Waals surface area contributed by atoms with Crippen LogP contribution >= 0.6 is 0 Å². The third-order valence-electron chi connectivity index (χ3n) is 3.99. The lowest BCUT2D eigenvalue weighted by Gasteiger charge is -2.06. The Labute approximate surface area is 138 Å². The Morgan fingerprint density at radius 2 is 1.67 bits per heavy atom. The zero-order valence-electron chi connectivity index (χ0n) is 12.7. The van der Waals surface area contributed by atoms with Crippen LogP contribution in [0.15, 0.2) is 79.1 Å². The molecular formula is C19H13N3O2. The zero-order valence-corrected chi connectivity index (χ0v) is 12.7. The zero-order chi connectivity index (χ0) is 16.5. The van der Waals surface area contributed by atoms with Gasteiger partial charge in [0.15, 0.2) is 0 Å². The molecule has 0 bridgehead atoms. The number of rotatable bonds is 3. The normalized spacial score (nSPS) is 10.8. The first-order valence-corrected chi connectivity index (χ1v) is 7.50. The molecule has 0 aliphatic heterocycles. The third-order valence-corrected chi connectivity index (χ3v) is 3.99. The lowest BCUT2D eigenvalue weighted by Crippen LogP contribution is -1.93. The van der Waals surface area contributed by atoms with Crippen molar-refractivity contribution in [2.24, 2.45) is 0 Å². The number of nitro benzene ring substituents is 1. The standard InChI is InChI=1S/C19H13N3O2/c23-22(24)18-9-5-4-8-16(18)14-10-11-17-19(12-14)21(13-20-17)15-6-2-1-3-7-15/h1-13H.